The van der Waals surface area contributed by atoms with Gasteiger partial charge in [-0.15, -0.1) is 0 Å². The number of nitro benzene ring substituents is 1. The maximum Gasteiger partial charge on any atom is 0.280 e. The lowest BCUT2D eigenvalue weighted by atomic mass is 9.85. The Morgan fingerprint density at radius 1 is 1.12 bits per heavy atom. The van der Waals surface area contributed by atoms with E-state index in [1.54, 1.807) is 12.1 Å². The normalized spacial score (nSPS) is 14.9. The van der Waals surface area contributed by atoms with Crippen molar-refractivity contribution in [1.82, 2.24) is 0 Å². The smallest absolute Gasteiger partial charge is 0.280 e. The number of allylic oxidation sites excluding steroid dienone is 1. The number of aryl methyl sites for hydroxylation is 1. The molecule has 0 heterocycles. The molecule has 3 rings (SSSR count). The van der Waals surface area contributed by atoms with Crippen LogP contribution in [0.25, 0.3) is 11.6 Å². The number of methoxy groups -OCH3 is 2. The van der Waals surface area contributed by atoms with Gasteiger partial charge in [-0.2, -0.15) is 0 Å². The zero-order valence-electron chi connectivity index (χ0n) is 14.2. The predicted molar refractivity (Wildman–Crippen MR) is 98.9 cm³/mol. The fourth-order valence-corrected chi connectivity index (χ4v) is 3.23. The van der Waals surface area contributed by atoms with Gasteiger partial charge in [0.05, 0.1) is 30.8 Å². The Bertz CT molecular complexity index is 936. The number of hydrogen-bond donors (Lipinski definition) is 0. The Labute approximate surface area is 155 Å². The quantitative estimate of drug-likeness (QED) is 0.453. The second-order valence-corrected chi connectivity index (χ2v) is 6.24. The minimum atomic E-state index is -0.509. The summed E-state index contributed by atoms with van der Waals surface area (Å²) in [6.07, 6.45) is 2.47. The third-order valence-electron chi connectivity index (χ3n) is 4.31. The van der Waals surface area contributed by atoms with Crippen LogP contribution in [-0.4, -0.2) is 24.9 Å². The van der Waals surface area contributed by atoms with Crippen molar-refractivity contribution in [2.75, 3.05) is 14.2 Å². The maximum absolute atomic E-state index is 12.5. The first-order chi connectivity index (χ1) is 12.4. The van der Waals surface area contributed by atoms with Gasteiger partial charge < -0.3 is 9.47 Å². The number of carbonyl (C=O) groups is 1. The highest BCUT2D eigenvalue weighted by molar-refractivity contribution is 6.31. The lowest BCUT2D eigenvalue weighted by molar-refractivity contribution is -0.385. The van der Waals surface area contributed by atoms with Crippen molar-refractivity contribution in [3.05, 3.63) is 62.2 Å². The number of fused-ring (bicyclic) bond motifs is 1. The van der Waals surface area contributed by atoms with Gasteiger partial charge in [-0.3, -0.25) is 14.9 Å². The van der Waals surface area contributed by atoms with Gasteiger partial charge in [-0.25, -0.2) is 0 Å². The van der Waals surface area contributed by atoms with E-state index in [0.717, 1.165) is 11.1 Å². The van der Waals surface area contributed by atoms with E-state index in [0.29, 0.717) is 29.2 Å². The summed E-state index contributed by atoms with van der Waals surface area (Å²) in [6, 6.07) is 8.09. The Hall–Kier alpha value is -2.86. The fourth-order valence-electron chi connectivity index (χ4n) is 3.04. The van der Waals surface area contributed by atoms with Crippen LogP contribution in [0.3, 0.4) is 0 Å². The Morgan fingerprint density at radius 2 is 1.81 bits per heavy atom. The van der Waals surface area contributed by atoms with Crippen molar-refractivity contribution in [2.45, 2.75) is 12.8 Å². The van der Waals surface area contributed by atoms with E-state index in [4.69, 9.17) is 21.1 Å². The van der Waals surface area contributed by atoms with Crippen molar-refractivity contribution in [2.24, 2.45) is 0 Å². The second-order valence-electron chi connectivity index (χ2n) is 5.81. The van der Waals surface area contributed by atoms with Crippen LogP contribution in [0.4, 0.5) is 5.69 Å². The Morgan fingerprint density at radius 3 is 2.46 bits per heavy atom. The number of nitro groups is 1. The minimum absolute atomic E-state index is 0.0658. The number of carbonyl (C=O) groups excluding carboxylic acids is 1. The highest BCUT2D eigenvalue weighted by Gasteiger charge is 2.24. The Kier molecular flexibility index (Phi) is 4.95. The molecule has 2 aromatic carbocycles. The molecule has 1 aliphatic carbocycles. The van der Waals surface area contributed by atoms with Gasteiger partial charge in [0, 0.05) is 17.0 Å². The highest BCUT2D eigenvalue weighted by Crippen LogP contribution is 2.38. The molecule has 0 amide bonds. The number of ether oxygens (including phenoxy) is 2. The third kappa shape index (κ3) is 3.28. The monoisotopic (exact) mass is 373 g/mol. The second kappa shape index (κ2) is 7.17. The number of hydrogen-bond acceptors (Lipinski definition) is 5. The van der Waals surface area contributed by atoms with Gasteiger partial charge in [0.25, 0.3) is 5.69 Å². The molecule has 6 nitrogen and oxygen atoms in total. The van der Waals surface area contributed by atoms with Crippen molar-refractivity contribution in [3.8, 4) is 11.5 Å². The number of nitrogens with zero attached hydrogens (tertiary/aromatic N) is 1. The predicted octanol–water partition coefficient (Wildman–Crippen LogP) is 4.32. The molecule has 0 aliphatic heterocycles. The molecule has 0 bridgehead atoms. The first-order valence-electron chi connectivity index (χ1n) is 7.88. The molecule has 0 saturated heterocycles. The Balaban J connectivity index is 2.21. The van der Waals surface area contributed by atoms with Gasteiger partial charge in [0.15, 0.2) is 17.3 Å². The van der Waals surface area contributed by atoms with E-state index in [1.807, 2.05) is 6.07 Å². The number of halogens is 1. The van der Waals surface area contributed by atoms with Gasteiger partial charge in [0.2, 0.25) is 0 Å². The summed E-state index contributed by atoms with van der Waals surface area (Å²) in [5.74, 6) is 0.539. The zero-order chi connectivity index (χ0) is 18.8. The van der Waals surface area contributed by atoms with Crippen molar-refractivity contribution >= 4 is 34.7 Å². The van der Waals surface area contributed by atoms with Crippen LogP contribution in [0, 0.1) is 10.1 Å². The summed E-state index contributed by atoms with van der Waals surface area (Å²) in [4.78, 5) is 23.4. The van der Waals surface area contributed by atoms with Crippen LogP contribution >= 0.6 is 11.6 Å². The van der Waals surface area contributed by atoms with E-state index in [2.05, 4.69) is 0 Å². The van der Waals surface area contributed by atoms with Crippen LogP contribution in [0.15, 0.2) is 30.3 Å². The van der Waals surface area contributed by atoms with Crippen LogP contribution in [-0.2, 0) is 11.2 Å². The standard InChI is InChI=1S/C19H16ClNO5/c1-25-18-9-12(16(21(23)24)10-19(18)26-2)8-15-14-5-4-13(20)7-11(14)3-6-17(15)22/h4-5,7-10H,3,6H2,1-2H3. The summed E-state index contributed by atoms with van der Waals surface area (Å²) in [5, 5.41) is 12.1. The van der Waals surface area contributed by atoms with Crippen LogP contribution in [0.5, 0.6) is 11.5 Å². The van der Waals surface area contributed by atoms with Gasteiger partial charge in [-0.05, 0) is 41.8 Å². The van der Waals surface area contributed by atoms with Crippen LogP contribution in [0.1, 0.15) is 23.1 Å². The van der Waals surface area contributed by atoms with Crippen molar-refractivity contribution < 1.29 is 19.2 Å². The molecule has 26 heavy (non-hydrogen) atoms. The van der Waals surface area contributed by atoms with Gasteiger partial charge in [-0.1, -0.05) is 17.7 Å². The van der Waals surface area contributed by atoms with E-state index < -0.39 is 4.92 Å². The maximum atomic E-state index is 12.5. The summed E-state index contributed by atoms with van der Waals surface area (Å²) >= 11 is 6.04. The average molecular weight is 374 g/mol. The van der Waals surface area contributed by atoms with E-state index in [-0.39, 0.29) is 22.8 Å². The van der Waals surface area contributed by atoms with Crippen LogP contribution in [0.2, 0.25) is 5.02 Å². The summed E-state index contributed by atoms with van der Waals surface area (Å²) < 4.78 is 10.4. The third-order valence-corrected chi connectivity index (χ3v) is 4.54. The first kappa shape index (κ1) is 17.9. The molecule has 0 aromatic heterocycles. The molecule has 0 radical (unpaired) electrons. The van der Waals surface area contributed by atoms with Crippen LogP contribution < -0.4 is 9.47 Å². The van der Waals surface area contributed by atoms with E-state index in [9.17, 15) is 14.9 Å². The van der Waals surface area contributed by atoms with E-state index in [1.165, 1.54) is 32.4 Å². The minimum Gasteiger partial charge on any atom is -0.493 e. The summed E-state index contributed by atoms with van der Waals surface area (Å²) in [7, 11) is 2.86. The molecule has 0 fully saturated rings. The summed E-state index contributed by atoms with van der Waals surface area (Å²) in [5.41, 5.74) is 2.24. The van der Waals surface area contributed by atoms with Crippen molar-refractivity contribution in [3.63, 3.8) is 0 Å². The molecule has 0 atom stereocenters. The molecule has 134 valence electrons. The lowest BCUT2D eigenvalue weighted by Gasteiger charge is -2.18. The largest absolute Gasteiger partial charge is 0.493 e. The fraction of sp³-hybridized carbons (Fsp3) is 0.211. The molecule has 0 saturated carbocycles. The molecule has 0 unspecified atom stereocenters. The average Bonchev–Trinajstić information content (AvgIpc) is 2.63. The van der Waals surface area contributed by atoms with Gasteiger partial charge in [0.1, 0.15) is 0 Å². The first-order valence-corrected chi connectivity index (χ1v) is 8.26. The molecule has 0 N–H and O–H groups in total. The van der Waals surface area contributed by atoms with Crippen molar-refractivity contribution in [1.29, 1.82) is 0 Å². The SMILES string of the molecule is COc1cc(C=C2C(=O)CCc3cc(Cl)ccc32)c([N+](=O)[O-])cc1OC. The molecular formula is C19H16ClNO5. The lowest BCUT2D eigenvalue weighted by Crippen LogP contribution is -2.12. The number of Topliss-reactive ketones (excluding diaryl/α,β-unsaturated/α-hetero) is 1. The topological polar surface area (TPSA) is 78.7 Å². The van der Waals surface area contributed by atoms with Gasteiger partial charge >= 0.3 is 0 Å². The molecule has 7 heteroatoms. The zero-order valence-corrected chi connectivity index (χ0v) is 15.0. The molecule has 2 aromatic rings. The summed E-state index contributed by atoms with van der Waals surface area (Å²) in [6.45, 7) is 0. The molecule has 1 aliphatic rings. The van der Waals surface area contributed by atoms with E-state index >= 15 is 0 Å². The number of ketones is 1. The molecular weight excluding hydrogens is 358 g/mol. The highest BCUT2D eigenvalue weighted by atomic mass is 35.5. The number of rotatable bonds is 4. The number of benzene rings is 2. The molecule has 0 spiro atoms.